The molecule has 0 spiro atoms. The fraction of sp³-hybridized carbons (Fsp3) is 0.462. The van der Waals surface area contributed by atoms with Gasteiger partial charge in [0.05, 0.1) is 5.41 Å². The van der Waals surface area contributed by atoms with Crippen molar-refractivity contribution in [2.45, 2.75) is 20.4 Å². The number of rotatable bonds is 5. The van der Waals surface area contributed by atoms with E-state index >= 15 is 0 Å². The van der Waals surface area contributed by atoms with E-state index in [1.807, 2.05) is 0 Å². The Morgan fingerprint density at radius 1 is 1.39 bits per heavy atom. The highest BCUT2D eigenvalue weighted by atomic mass is 19.1. The molecule has 0 aliphatic rings. The van der Waals surface area contributed by atoms with Gasteiger partial charge in [-0.25, -0.2) is 8.78 Å². The maximum absolute atomic E-state index is 13.4. The van der Waals surface area contributed by atoms with Crippen LogP contribution in [0.4, 0.5) is 8.78 Å². The van der Waals surface area contributed by atoms with Crippen LogP contribution < -0.4 is 0 Å². The minimum Gasteiger partial charge on any atom is -0.481 e. The van der Waals surface area contributed by atoms with Crippen LogP contribution in [0.3, 0.4) is 0 Å². The molecular weight excluding hydrogens is 240 g/mol. The summed E-state index contributed by atoms with van der Waals surface area (Å²) < 4.78 is 26.1. The van der Waals surface area contributed by atoms with E-state index in [2.05, 4.69) is 0 Å². The average Bonchev–Trinajstić information content (AvgIpc) is 2.21. The van der Waals surface area contributed by atoms with Crippen molar-refractivity contribution in [1.82, 2.24) is 4.90 Å². The number of halogens is 2. The number of benzene rings is 1. The highest BCUT2D eigenvalue weighted by molar-refractivity contribution is 5.73. The molecule has 0 saturated carbocycles. The smallest absolute Gasteiger partial charge is 0.310 e. The average molecular weight is 257 g/mol. The molecule has 0 saturated heterocycles. The second kappa shape index (κ2) is 5.44. The Labute approximate surface area is 105 Å². The third-order valence-electron chi connectivity index (χ3n) is 2.70. The predicted octanol–water partition coefficient (Wildman–Crippen LogP) is 2.51. The van der Waals surface area contributed by atoms with Crippen LogP contribution in [-0.4, -0.2) is 29.6 Å². The van der Waals surface area contributed by atoms with E-state index < -0.39 is 23.0 Å². The molecule has 1 N–H and O–H groups in total. The van der Waals surface area contributed by atoms with Gasteiger partial charge in [0.2, 0.25) is 0 Å². The summed E-state index contributed by atoms with van der Waals surface area (Å²) in [7, 11) is 1.70. The number of nitrogens with zero attached hydrogens (tertiary/aromatic N) is 1. The molecule has 1 aromatic rings. The lowest BCUT2D eigenvalue weighted by molar-refractivity contribution is -0.147. The molecule has 0 aliphatic carbocycles. The molecule has 0 heterocycles. The van der Waals surface area contributed by atoms with Crippen LogP contribution >= 0.6 is 0 Å². The van der Waals surface area contributed by atoms with E-state index in [1.165, 1.54) is 12.1 Å². The van der Waals surface area contributed by atoms with Crippen molar-refractivity contribution in [1.29, 1.82) is 0 Å². The van der Waals surface area contributed by atoms with Gasteiger partial charge in [-0.15, -0.1) is 0 Å². The number of hydrogen-bond donors (Lipinski definition) is 1. The van der Waals surface area contributed by atoms with Gasteiger partial charge in [0.25, 0.3) is 0 Å². The Balaban J connectivity index is 2.70. The Morgan fingerprint density at radius 2 is 2.00 bits per heavy atom. The van der Waals surface area contributed by atoms with Crippen molar-refractivity contribution in [3.63, 3.8) is 0 Å². The first-order valence-electron chi connectivity index (χ1n) is 5.58. The van der Waals surface area contributed by atoms with Crippen LogP contribution in [0.5, 0.6) is 0 Å². The molecule has 100 valence electrons. The van der Waals surface area contributed by atoms with Gasteiger partial charge >= 0.3 is 5.97 Å². The minimum absolute atomic E-state index is 0.239. The second-order valence-corrected chi connectivity index (χ2v) is 5.10. The molecule has 0 radical (unpaired) electrons. The van der Waals surface area contributed by atoms with Gasteiger partial charge in [-0.2, -0.15) is 0 Å². The van der Waals surface area contributed by atoms with Gasteiger partial charge in [-0.05, 0) is 27.0 Å². The molecule has 5 heteroatoms. The maximum Gasteiger partial charge on any atom is 0.310 e. The number of carboxylic acids is 1. The summed E-state index contributed by atoms with van der Waals surface area (Å²) in [6, 6.07) is 3.38. The first kappa shape index (κ1) is 14.6. The molecule has 0 unspecified atom stereocenters. The van der Waals surface area contributed by atoms with Crippen LogP contribution in [0.25, 0.3) is 0 Å². The Morgan fingerprint density at radius 3 is 2.50 bits per heavy atom. The fourth-order valence-corrected chi connectivity index (χ4v) is 1.74. The molecule has 1 rings (SSSR count). The SMILES string of the molecule is CN(Cc1ccc(F)cc1F)CC(C)(C)C(=O)O. The van der Waals surface area contributed by atoms with Crippen LogP contribution in [0, 0.1) is 17.0 Å². The fourth-order valence-electron chi connectivity index (χ4n) is 1.74. The van der Waals surface area contributed by atoms with Crippen LogP contribution in [0.2, 0.25) is 0 Å². The zero-order valence-electron chi connectivity index (χ0n) is 10.7. The lowest BCUT2D eigenvalue weighted by Gasteiger charge is -2.26. The van der Waals surface area contributed by atoms with Crippen LogP contribution in [0.15, 0.2) is 18.2 Å². The first-order valence-corrected chi connectivity index (χ1v) is 5.58. The van der Waals surface area contributed by atoms with Gasteiger partial charge in [-0.3, -0.25) is 4.79 Å². The van der Waals surface area contributed by atoms with Crippen molar-refractivity contribution < 1.29 is 18.7 Å². The summed E-state index contributed by atoms with van der Waals surface area (Å²) in [6.07, 6.45) is 0. The lowest BCUT2D eigenvalue weighted by Crippen LogP contribution is -2.37. The summed E-state index contributed by atoms with van der Waals surface area (Å²) >= 11 is 0. The van der Waals surface area contributed by atoms with Gasteiger partial charge in [0.1, 0.15) is 11.6 Å². The normalized spacial score (nSPS) is 11.9. The van der Waals surface area contributed by atoms with Crippen molar-refractivity contribution in [3.8, 4) is 0 Å². The molecule has 1 aromatic carbocycles. The standard InChI is InChI=1S/C13H17F2NO2/c1-13(2,12(17)18)8-16(3)7-9-4-5-10(14)6-11(9)15/h4-6H,7-8H2,1-3H3,(H,17,18). The van der Waals surface area contributed by atoms with Crippen molar-refractivity contribution in [2.24, 2.45) is 5.41 Å². The topological polar surface area (TPSA) is 40.5 Å². The van der Waals surface area contributed by atoms with E-state index in [-0.39, 0.29) is 13.1 Å². The predicted molar refractivity (Wildman–Crippen MR) is 64.1 cm³/mol. The summed E-state index contributed by atoms with van der Waals surface area (Å²) in [5, 5.41) is 9.00. The quantitative estimate of drug-likeness (QED) is 0.881. The van der Waals surface area contributed by atoms with E-state index in [0.717, 1.165) is 6.07 Å². The van der Waals surface area contributed by atoms with E-state index in [4.69, 9.17) is 5.11 Å². The molecule has 3 nitrogen and oxygen atoms in total. The molecule has 0 aromatic heterocycles. The molecule has 0 bridgehead atoms. The number of carboxylic acid groups (broad SMARTS) is 1. The van der Waals surface area contributed by atoms with Crippen molar-refractivity contribution in [2.75, 3.05) is 13.6 Å². The summed E-state index contributed by atoms with van der Waals surface area (Å²) in [6.45, 7) is 3.72. The van der Waals surface area contributed by atoms with E-state index in [1.54, 1.807) is 25.8 Å². The lowest BCUT2D eigenvalue weighted by atomic mass is 9.93. The molecular formula is C13H17F2NO2. The van der Waals surface area contributed by atoms with Gasteiger partial charge in [-0.1, -0.05) is 6.07 Å². The maximum atomic E-state index is 13.4. The number of hydrogen-bond acceptors (Lipinski definition) is 2. The molecule has 0 aliphatic heterocycles. The van der Waals surface area contributed by atoms with E-state index in [0.29, 0.717) is 5.56 Å². The van der Waals surface area contributed by atoms with Crippen molar-refractivity contribution >= 4 is 5.97 Å². The van der Waals surface area contributed by atoms with Gasteiger partial charge in [0.15, 0.2) is 0 Å². The molecule has 0 amide bonds. The Hall–Kier alpha value is -1.49. The monoisotopic (exact) mass is 257 g/mol. The summed E-state index contributed by atoms with van der Waals surface area (Å²) in [4.78, 5) is 12.7. The third kappa shape index (κ3) is 3.77. The van der Waals surface area contributed by atoms with Gasteiger partial charge < -0.3 is 10.0 Å². The largest absolute Gasteiger partial charge is 0.481 e. The van der Waals surface area contributed by atoms with Crippen LogP contribution in [-0.2, 0) is 11.3 Å². The number of carbonyl (C=O) groups is 1. The Kier molecular flexibility index (Phi) is 4.40. The third-order valence-corrected chi connectivity index (χ3v) is 2.70. The Bertz CT molecular complexity index is 447. The zero-order chi connectivity index (χ0) is 13.9. The van der Waals surface area contributed by atoms with Crippen molar-refractivity contribution in [3.05, 3.63) is 35.4 Å². The molecule has 18 heavy (non-hydrogen) atoms. The van der Waals surface area contributed by atoms with Crippen LogP contribution in [0.1, 0.15) is 19.4 Å². The highest BCUT2D eigenvalue weighted by Gasteiger charge is 2.28. The molecule has 0 fully saturated rings. The highest BCUT2D eigenvalue weighted by Crippen LogP contribution is 2.18. The first-order chi connectivity index (χ1) is 8.22. The molecule has 0 atom stereocenters. The minimum atomic E-state index is -0.911. The second-order valence-electron chi connectivity index (χ2n) is 5.10. The summed E-state index contributed by atoms with van der Waals surface area (Å²) in [5.74, 6) is -2.14. The zero-order valence-corrected chi connectivity index (χ0v) is 10.7. The summed E-state index contributed by atoms with van der Waals surface area (Å²) in [5.41, 5.74) is -0.564. The number of aliphatic carboxylic acids is 1. The van der Waals surface area contributed by atoms with Gasteiger partial charge in [0, 0.05) is 24.7 Å². The van der Waals surface area contributed by atoms with E-state index in [9.17, 15) is 13.6 Å².